The Balaban J connectivity index is 1.57. The summed E-state index contributed by atoms with van der Waals surface area (Å²) >= 11 is 12.5. The van der Waals surface area contributed by atoms with E-state index in [1.54, 1.807) is 65.6 Å². The molecule has 10 heteroatoms. The van der Waals surface area contributed by atoms with Crippen molar-refractivity contribution in [2.75, 3.05) is 11.4 Å². The van der Waals surface area contributed by atoms with Crippen LogP contribution in [-0.4, -0.2) is 26.9 Å². The Morgan fingerprint density at radius 2 is 1.47 bits per heavy atom. The van der Waals surface area contributed by atoms with Crippen molar-refractivity contribution in [2.24, 2.45) is 0 Å². The fraction of sp³-hybridized carbons (Fsp3) is 0.257. The number of carbonyl (C=O) groups excluding carboxylic acids is 2. The molecule has 0 saturated heterocycles. The molecule has 45 heavy (non-hydrogen) atoms. The van der Waals surface area contributed by atoms with Crippen LogP contribution in [0.25, 0.3) is 11.1 Å². The minimum absolute atomic E-state index is 0.0251. The van der Waals surface area contributed by atoms with Crippen LogP contribution in [0, 0.1) is 0 Å². The molecule has 0 spiro atoms. The third kappa shape index (κ3) is 8.87. The zero-order valence-corrected chi connectivity index (χ0v) is 28.1. The highest BCUT2D eigenvalue weighted by atomic mass is 35.5. The highest BCUT2D eigenvalue weighted by Gasteiger charge is 2.24. The van der Waals surface area contributed by atoms with Crippen LogP contribution in [0.3, 0.4) is 0 Å². The molecule has 7 nitrogen and oxygen atoms in total. The molecule has 0 heterocycles. The van der Waals surface area contributed by atoms with E-state index in [0.717, 1.165) is 24.0 Å². The number of hydrogen-bond donors (Lipinski definition) is 2. The van der Waals surface area contributed by atoms with Crippen LogP contribution in [0.4, 0.5) is 10.5 Å². The molecule has 0 aliphatic carbocycles. The Bertz CT molecular complexity index is 1750. The summed E-state index contributed by atoms with van der Waals surface area (Å²) in [6.07, 6.45) is 1.78. The maximum absolute atomic E-state index is 13.4. The summed E-state index contributed by atoms with van der Waals surface area (Å²) in [4.78, 5) is 27.6. The van der Waals surface area contributed by atoms with Gasteiger partial charge in [0.2, 0.25) is 0 Å². The largest absolute Gasteiger partial charge is 0.338 e. The molecule has 4 aromatic carbocycles. The first-order valence-electron chi connectivity index (χ1n) is 14.7. The van der Waals surface area contributed by atoms with Crippen molar-refractivity contribution in [3.05, 3.63) is 118 Å². The lowest BCUT2D eigenvalue weighted by atomic mass is 9.87. The summed E-state index contributed by atoms with van der Waals surface area (Å²) in [6.45, 7) is 8.99. The molecule has 4 aromatic rings. The third-order valence-corrected chi connectivity index (χ3v) is 9.06. The van der Waals surface area contributed by atoms with E-state index in [-0.39, 0.29) is 28.4 Å². The average Bonchev–Trinajstić information content (AvgIpc) is 2.99. The molecule has 0 aliphatic heterocycles. The highest BCUT2D eigenvalue weighted by molar-refractivity contribution is 7.90. The maximum atomic E-state index is 13.4. The Kier molecular flexibility index (Phi) is 11.0. The lowest BCUT2D eigenvalue weighted by Crippen LogP contribution is -2.40. The number of amides is 3. The van der Waals surface area contributed by atoms with E-state index in [2.05, 4.69) is 30.8 Å². The van der Waals surface area contributed by atoms with E-state index in [9.17, 15) is 18.0 Å². The van der Waals surface area contributed by atoms with Crippen molar-refractivity contribution in [3.63, 3.8) is 0 Å². The second-order valence-electron chi connectivity index (χ2n) is 11.8. The van der Waals surface area contributed by atoms with E-state index in [1.807, 2.05) is 31.2 Å². The SMILES string of the molecule is CCCCNC(=O)N(Cc1ccc(-c2ccccc2S(=O)(=O)NC(=O)c2ccc(C(C)(C)C)cc2)cc1)c1cc(Cl)cc(Cl)c1. The molecule has 0 aromatic heterocycles. The fourth-order valence-electron chi connectivity index (χ4n) is 4.71. The quantitative estimate of drug-likeness (QED) is 0.166. The van der Waals surface area contributed by atoms with Gasteiger partial charge in [0, 0.05) is 33.4 Å². The van der Waals surface area contributed by atoms with E-state index in [1.165, 1.54) is 6.07 Å². The molecule has 0 bridgehead atoms. The first kappa shape index (κ1) is 34.0. The zero-order chi connectivity index (χ0) is 32.8. The molecule has 0 fully saturated rings. The number of nitrogens with one attached hydrogen (secondary N) is 2. The Labute approximate surface area is 275 Å². The topological polar surface area (TPSA) is 95.6 Å². The van der Waals surface area contributed by atoms with Gasteiger partial charge in [-0.1, -0.05) is 112 Å². The van der Waals surface area contributed by atoms with Gasteiger partial charge in [0.25, 0.3) is 15.9 Å². The smallest absolute Gasteiger partial charge is 0.322 e. The van der Waals surface area contributed by atoms with Crippen LogP contribution in [-0.2, 0) is 22.0 Å². The van der Waals surface area contributed by atoms with Crippen LogP contribution in [0.15, 0.2) is 95.9 Å². The minimum atomic E-state index is -4.21. The van der Waals surface area contributed by atoms with Gasteiger partial charge in [0.05, 0.1) is 11.4 Å². The molecule has 0 atom stereocenters. The minimum Gasteiger partial charge on any atom is -0.338 e. The van der Waals surface area contributed by atoms with Gasteiger partial charge >= 0.3 is 6.03 Å². The Morgan fingerprint density at radius 1 is 0.844 bits per heavy atom. The van der Waals surface area contributed by atoms with Gasteiger partial charge in [0.15, 0.2) is 0 Å². The fourth-order valence-corrected chi connectivity index (χ4v) is 6.43. The summed E-state index contributed by atoms with van der Waals surface area (Å²) in [7, 11) is -4.21. The number of halogens is 2. The van der Waals surface area contributed by atoms with Gasteiger partial charge in [0.1, 0.15) is 0 Å². The average molecular weight is 667 g/mol. The number of anilines is 1. The van der Waals surface area contributed by atoms with E-state index in [0.29, 0.717) is 33.4 Å². The second kappa shape index (κ2) is 14.5. The Morgan fingerprint density at radius 3 is 2.07 bits per heavy atom. The van der Waals surface area contributed by atoms with Crippen LogP contribution < -0.4 is 14.9 Å². The molecular formula is C35H37Cl2N3O4S. The van der Waals surface area contributed by atoms with Crippen molar-refractivity contribution < 1.29 is 18.0 Å². The van der Waals surface area contributed by atoms with Crippen molar-refractivity contribution in [1.82, 2.24) is 10.0 Å². The summed E-state index contributed by atoms with van der Waals surface area (Å²) in [5.41, 5.74) is 3.59. The standard InChI is InChI=1S/C35H37Cl2N3O4S/c1-5-6-19-38-34(42)40(30-21-28(36)20-29(37)22-30)23-24-11-13-25(14-12-24)31-9-7-8-10-32(31)45(43,44)39-33(41)26-15-17-27(18-16-26)35(2,3)4/h7-18,20-22H,5-6,19,23H2,1-4H3,(H,38,42)(H,39,41). The van der Waals surface area contributed by atoms with Gasteiger partial charge in [-0.15, -0.1) is 0 Å². The normalized spacial score (nSPS) is 11.6. The number of hydrogen-bond acceptors (Lipinski definition) is 4. The van der Waals surface area contributed by atoms with Gasteiger partial charge < -0.3 is 5.32 Å². The molecule has 2 N–H and O–H groups in total. The summed E-state index contributed by atoms with van der Waals surface area (Å²) in [6, 6.07) is 25.3. The van der Waals surface area contributed by atoms with Gasteiger partial charge in [-0.05, 0) is 64.9 Å². The number of urea groups is 1. The highest BCUT2D eigenvalue weighted by Crippen LogP contribution is 2.30. The van der Waals surface area contributed by atoms with Gasteiger partial charge in [-0.2, -0.15) is 0 Å². The monoisotopic (exact) mass is 665 g/mol. The third-order valence-electron chi connectivity index (χ3n) is 7.23. The summed E-state index contributed by atoms with van der Waals surface area (Å²) in [5.74, 6) is -0.709. The molecule has 0 saturated carbocycles. The van der Waals surface area contributed by atoms with Crippen LogP contribution in [0.5, 0.6) is 0 Å². The first-order valence-corrected chi connectivity index (χ1v) is 16.9. The van der Waals surface area contributed by atoms with Crippen LogP contribution >= 0.6 is 23.2 Å². The summed E-state index contributed by atoms with van der Waals surface area (Å²) < 4.78 is 29.1. The number of nitrogens with zero attached hydrogens (tertiary/aromatic N) is 1. The van der Waals surface area contributed by atoms with Crippen molar-refractivity contribution in [1.29, 1.82) is 0 Å². The Hall–Kier alpha value is -3.85. The van der Waals surface area contributed by atoms with Crippen molar-refractivity contribution in [2.45, 2.75) is 57.4 Å². The first-order chi connectivity index (χ1) is 21.3. The van der Waals surface area contributed by atoms with Crippen molar-refractivity contribution >= 4 is 50.9 Å². The number of rotatable bonds is 10. The number of benzene rings is 4. The zero-order valence-electron chi connectivity index (χ0n) is 25.7. The number of unbranched alkanes of at least 4 members (excludes halogenated alkanes) is 1. The lowest BCUT2D eigenvalue weighted by molar-refractivity contribution is 0.0981. The van der Waals surface area contributed by atoms with E-state index < -0.39 is 15.9 Å². The van der Waals surface area contributed by atoms with Crippen LogP contribution in [0.2, 0.25) is 10.0 Å². The summed E-state index contributed by atoms with van der Waals surface area (Å²) in [5, 5.41) is 3.76. The van der Waals surface area contributed by atoms with Gasteiger partial charge in [-0.25, -0.2) is 17.9 Å². The number of carbonyl (C=O) groups is 2. The second-order valence-corrected chi connectivity index (χ2v) is 14.3. The maximum Gasteiger partial charge on any atom is 0.322 e. The van der Waals surface area contributed by atoms with E-state index >= 15 is 0 Å². The van der Waals surface area contributed by atoms with Crippen LogP contribution in [0.1, 0.15) is 62.0 Å². The number of sulfonamides is 1. The lowest BCUT2D eigenvalue weighted by Gasteiger charge is -2.24. The molecule has 0 radical (unpaired) electrons. The molecule has 0 unspecified atom stereocenters. The molecular weight excluding hydrogens is 629 g/mol. The molecule has 3 amide bonds. The van der Waals surface area contributed by atoms with Gasteiger partial charge in [-0.3, -0.25) is 9.69 Å². The van der Waals surface area contributed by atoms with E-state index in [4.69, 9.17) is 23.2 Å². The molecule has 0 aliphatic rings. The van der Waals surface area contributed by atoms with Crippen molar-refractivity contribution in [3.8, 4) is 11.1 Å². The molecule has 4 rings (SSSR count). The predicted octanol–water partition coefficient (Wildman–Crippen LogP) is 8.59. The molecule has 236 valence electrons. The predicted molar refractivity (Wildman–Crippen MR) is 183 cm³/mol.